The van der Waals surface area contributed by atoms with Crippen molar-refractivity contribution in [2.75, 3.05) is 19.6 Å². The molecule has 0 amide bonds. The lowest BCUT2D eigenvalue weighted by Gasteiger charge is -2.09. The van der Waals surface area contributed by atoms with E-state index in [0.717, 1.165) is 10.1 Å². The van der Waals surface area contributed by atoms with Crippen molar-refractivity contribution in [3.05, 3.63) is 50.7 Å². The fourth-order valence-electron chi connectivity index (χ4n) is 1.93. The largest absolute Gasteiger partial charge is 0.497 e. The highest BCUT2D eigenvalue weighted by Gasteiger charge is 2.05. The van der Waals surface area contributed by atoms with E-state index in [-0.39, 0.29) is 0 Å². The topological polar surface area (TPSA) is 86.9 Å². The highest BCUT2D eigenvalue weighted by molar-refractivity contribution is 5.84. The summed E-state index contributed by atoms with van der Waals surface area (Å²) >= 11 is 0. The average molecular weight is 318 g/mol. The summed E-state index contributed by atoms with van der Waals surface area (Å²) < 4.78 is 12.7. The molecular formula is C15H18N4O4. The molecule has 1 heterocycles. The van der Waals surface area contributed by atoms with Crippen LogP contribution in [0.15, 0.2) is 39.0 Å². The van der Waals surface area contributed by atoms with E-state index in [1.54, 1.807) is 39.5 Å². The second kappa shape index (κ2) is 6.82. The van der Waals surface area contributed by atoms with Crippen molar-refractivity contribution in [2.24, 2.45) is 19.2 Å². The Balaban J connectivity index is 2.26. The summed E-state index contributed by atoms with van der Waals surface area (Å²) in [6.45, 7) is 0. The molecule has 0 aliphatic heterocycles. The zero-order valence-corrected chi connectivity index (χ0v) is 13.4. The molecule has 0 atom stereocenters. The zero-order valence-electron chi connectivity index (χ0n) is 13.4. The van der Waals surface area contributed by atoms with E-state index in [9.17, 15) is 9.59 Å². The summed E-state index contributed by atoms with van der Waals surface area (Å²) in [4.78, 5) is 23.5. The van der Waals surface area contributed by atoms with E-state index in [1.807, 2.05) is 0 Å². The second-order valence-electron chi connectivity index (χ2n) is 4.75. The quantitative estimate of drug-likeness (QED) is 0.642. The number of rotatable bonds is 5. The summed E-state index contributed by atoms with van der Waals surface area (Å²) in [5.41, 5.74) is 2.56. The van der Waals surface area contributed by atoms with Gasteiger partial charge in [-0.1, -0.05) is 0 Å². The van der Waals surface area contributed by atoms with Crippen LogP contribution in [0.1, 0.15) is 5.56 Å². The molecule has 1 N–H and O–H groups in total. The summed E-state index contributed by atoms with van der Waals surface area (Å²) in [5, 5.41) is 4.04. The third-order valence-electron chi connectivity index (χ3n) is 3.35. The Labute approximate surface area is 132 Å². The van der Waals surface area contributed by atoms with E-state index in [4.69, 9.17) is 9.47 Å². The number of aromatic nitrogens is 2. The molecule has 1 aromatic heterocycles. The van der Waals surface area contributed by atoms with Crippen LogP contribution in [-0.4, -0.2) is 29.6 Å². The lowest BCUT2D eigenvalue weighted by Crippen LogP contribution is -2.37. The van der Waals surface area contributed by atoms with Crippen LogP contribution in [0.5, 0.6) is 11.5 Å². The number of methoxy groups -OCH3 is 2. The Hall–Kier alpha value is -3.03. The van der Waals surface area contributed by atoms with E-state index in [1.165, 1.54) is 23.9 Å². The lowest BCUT2D eigenvalue weighted by molar-refractivity contribution is 0.394. The first-order chi connectivity index (χ1) is 11.0. The fourth-order valence-corrected chi connectivity index (χ4v) is 1.93. The van der Waals surface area contributed by atoms with E-state index < -0.39 is 11.2 Å². The van der Waals surface area contributed by atoms with Gasteiger partial charge in [0.15, 0.2) is 0 Å². The van der Waals surface area contributed by atoms with Crippen LogP contribution in [0.25, 0.3) is 0 Å². The van der Waals surface area contributed by atoms with Crippen LogP contribution in [-0.2, 0) is 14.1 Å². The highest BCUT2D eigenvalue weighted by atomic mass is 16.5. The Bertz CT molecular complexity index is 852. The van der Waals surface area contributed by atoms with Gasteiger partial charge in [-0.2, -0.15) is 5.10 Å². The van der Waals surface area contributed by atoms with Gasteiger partial charge in [0.25, 0.3) is 5.56 Å². The minimum Gasteiger partial charge on any atom is -0.497 e. The molecule has 0 unspecified atom stereocenters. The van der Waals surface area contributed by atoms with Crippen LogP contribution >= 0.6 is 0 Å². The maximum absolute atomic E-state index is 11.8. The molecule has 0 spiro atoms. The molecule has 0 saturated carbocycles. The molecule has 8 heteroatoms. The molecule has 8 nitrogen and oxygen atoms in total. The van der Waals surface area contributed by atoms with E-state index in [2.05, 4.69) is 10.5 Å². The summed E-state index contributed by atoms with van der Waals surface area (Å²) in [6.07, 6.45) is 1.53. The van der Waals surface area contributed by atoms with Crippen molar-refractivity contribution >= 4 is 12.0 Å². The van der Waals surface area contributed by atoms with Gasteiger partial charge >= 0.3 is 5.69 Å². The van der Waals surface area contributed by atoms with Gasteiger partial charge in [-0.15, -0.1) is 0 Å². The van der Waals surface area contributed by atoms with Gasteiger partial charge in [0, 0.05) is 31.8 Å². The van der Waals surface area contributed by atoms with Gasteiger partial charge < -0.3 is 9.47 Å². The molecule has 23 heavy (non-hydrogen) atoms. The van der Waals surface area contributed by atoms with Gasteiger partial charge in [-0.05, 0) is 12.1 Å². The molecule has 122 valence electrons. The Morgan fingerprint density at radius 1 is 1.09 bits per heavy atom. The number of ether oxygens (including phenoxy) is 2. The van der Waals surface area contributed by atoms with Crippen LogP contribution in [0.3, 0.4) is 0 Å². The second-order valence-corrected chi connectivity index (χ2v) is 4.75. The number of nitrogens with one attached hydrogen (secondary N) is 1. The van der Waals surface area contributed by atoms with Crippen molar-refractivity contribution in [1.82, 2.24) is 9.13 Å². The van der Waals surface area contributed by atoms with Crippen LogP contribution < -0.4 is 26.1 Å². The Morgan fingerprint density at radius 3 is 2.48 bits per heavy atom. The first-order valence-electron chi connectivity index (χ1n) is 6.76. The van der Waals surface area contributed by atoms with Gasteiger partial charge in [0.2, 0.25) is 0 Å². The van der Waals surface area contributed by atoms with Gasteiger partial charge in [0.05, 0.1) is 20.4 Å². The average Bonchev–Trinajstić information content (AvgIpc) is 2.57. The maximum atomic E-state index is 11.8. The fraction of sp³-hybridized carbons (Fsp3) is 0.267. The number of hydrazone groups is 1. The molecule has 0 radical (unpaired) electrons. The molecule has 1 aromatic carbocycles. The minimum absolute atomic E-state index is 0.293. The SMILES string of the molecule is COc1ccc(/C=N\Nc2cc(=O)n(C)c(=O)n2C)c(OC)c1. The molecule has 2 aromatic rings. The molecule has 0 aliphatic rings. The van der Waals surface area contributed by atoms with Crippen LogP contribution in [0.2, 0.25) is 0 Å². The van der Waals surface area contributed by atoms with E-state index >= 15 is 0 Å². The van der Waals surface area contributed by atoms with Crippen molar-refractivity contribution in [1.29, 1.82) is 0 Å². The van der Waals surface area contributed by atoms with Crippen LogP contribution in [0, 0.1) is 0 Å². The smallest absolute Gasteiger partial charge is 0.332 e. The first-order valence-corrected chi connectivity index (χ1v) is 6.76. The lowest BCUT2D eigenvalue weighted by atomic mass is 10.2. The summed E-state index contributed by atoms with van der Waals surface area (Å²) in [6, 6.07) is 6.59. The van der Waals surface area contributed by atoms with Crippen molar-refractivity contribution in [3.63, 3.8) is 0 Å². The number of hydrogen-bond acceptors (Lipinski definition) is 6. The predicted octanol–water partition coefficient (Wildman–Crippen LogP) is 0.547. The molecular weight excluding hydrogens is 300 g/mol. The van der Waals surface area contributed by atoms with Gasteiger partial charge in [-0.25, -0.2) is 4.79 Å². The van der Waals surface area contributed by atoms with E-state index in [0.29, 0.717) is 17.3 Å². The van der Waals surface area contributed by atoms with Crippen molar-refractivity contribution in [3.8, 4) is 11.5 Å². The maximum Gasteiger partial charge on any atom is 0.332 e. The summed E-state index contributed by atoms with van der Waals surface area (Å²) in [5.74, 6) is 1.55. The zero-order chi connectivity index (χ0) is 17.0. The number of anilines is 1. The standard InChI is InChI=1S/C15H18N4O4/c1-18-13(8-14(20)19(2)15(18)21)17-16-9-10-5-6-11(22-3)7-12(10)23-4/h5-9,17H,1-4H3/b16-9-. The minimum atomic E-state index is -0.433. The molecule has 0 aliphatic carbocycles. The van der Waals surface area contributed by atoms with Gasteiger partial charge in [-0.3, -0.25) is 19.4 Å². The number of benzene rings is 1. The Kier molecular flexibility index (Phi) is 4.85. The molecule has 0 saturated heterocycles. The predicted molar refractivity (Wildman–Crippen MR) is 87.7 cm³/mol. The number of nitrogens with zero attached hydrogens (tertiary/aromatic N) is 3. The van der Waals surface area contributed by atoms with Gasteiger partial charge in [0.1, 0.15) is 17.3 Å². The first kappa shape index (κ1) is 16.3. The summed E-state index contributed by atoms with van der Waals surface area (Å²) in [7, 11) is 6.08. The van der Waals surface area contributed by atoms with Crippen LogP contribution in [0.4, 0.5) is 5.82 Å². The molecule has 0 bridgehead atoms. The molecule has 0 fully saturated rings. The monoisotopic (exact) mass is 318 g/mol. The number of hydrogen-bond donors (Lipinski definition) is 1. The highest BCUT2D eigenvalue weighted by Crippen LogP contribution is 2.23. The van der Waals surface area contributed by atoms with Crippen molar-refractivity contribution in [2.45, 2.75) is 0 Å². The third-order valence-corrected chi connectivity index (χ3v) is 3.35. The third kappa shape index (κ3) is 3.42. The Morgan fingerprint density at radius 2 is 1.83 bits per heavy atom. The van der Waals surface area contributed by atoms with Crippen molar-refractivity contribution < 1.29 is 9.47 Å². The molecule has 2 rings (SSSR count). The normalized spacial score (nSPS) is 10.8.